The van der Waals surface area contributed by atoms with Crippen molar-refractivity contribution < 1.29 is 9.53 Å². The molecule has 1 aromatic rings. The fourth-order valence-electron chi connectivity index (χ4n) is 2.99. The molecule has 0 aliphatic carbocycles. The molecule has 0 unspecified atom stereocenters. The first kappa shape index (κ1) is 16.8. The first-order valence-corrected chi connectivity index (χ1v) is 8.37. The van der Waals surface area contributed by atoms with Crippen LogP contribution in [0.2, 0.25) is 0 Å². The molecule has 1 fully saturated rings. The van der Waals surface area contributed by atoms with Crippen molar-refractivity contribution in [3.05, 3.63) is 23.8 Å². The Labute approximate surface area is 133 Å². The number of rotatable bonds is 6. The molecule has 1 heterocycles. The zero-order valence-electron chi connectivity index (χ0n) is 14.0. The summed E-state index contributed by atoms with van der Waals surface area (Å²) in [6.07, 6.45) is 2.58. The molecule has 0 radical (unpaired) electrons. The lowest BCUT2D eigenvalue weighted by Gasteiger charge is -2.23. The van der Waals surface area contributed by atoms with Crippen molar-refractivity contribution in [2.45, 2.75) is 40.0 Å². The monoisotopic (exact) mass is 304 g/mol. The molecule has 2 rings (SSSR count). The van der Waals surface area contributed by atoms with Crippen LogP contribution in [0.4, 0.5) is 11.4 Å². The standard InChI is InChI=1S/C18H28N2O2/c1-4-20(5-2)16-6-7-17(14(3)12-16)19-18(21)13-15-8-10-22-11-9-15/h6-7,12,15H,4-5,8-11,13H2,1-3H3,(H,19,21). The minimum atomic E-state index is 0.116. The van der Waals surface area contributed by atoms with Gasteiger partial charge in [0.2, 0.25) is 5.91 Å². The van der Waals surface area contributed by atoms with Crippen LogP contribution in [0, 0.1) is 12.8 Å². The number of nitrogens with zero attached hydrogens (tertiary/aromatic N) is 1. The van der Waals surface area contributed by atoms with Gasteiger partial charge in [-0.2, -0.15) is 0 Å². The zero-order valence-corrected chi connectivity index (χ0v) is 14.0. The van der Waals surface area contributed by atoms with E-state index >= 15 is 0 Å². The number of benzene rings is 1. The van der Waals surface area contributed by atoms with Gasteiger partial charge in [-0.25, -0.2) is 0 Å². The predicted molar refractivity (Wildman–Crippen MR) is 91.5 cm³/mol. The Morgan fingerprint density at radius 1 is 1.27 bits per heavy atom. The van der Waals surface area contributed by atoms with Crippen molar-refractivity contribution in [1.29, 1.82) is 0 Å². The van der Waals surface area contributed by atoms with Crippen molar-refractivity contribution in [2.75, 3.05) is 36.5 Å². The molecule has 0 atom stereocenters. The fraction of sp³-hybridized carbons (Fsp3) is 0.611. The molecule has 1 aliphatic rings. The number of carbonyl (C=O) groups is 1. The number of aryl methyl sites for hydroxylation is 1. The van der Waals surface area contributed by atoms with E-state index in [2.05, 4.69) is 43.1 Å². The molecule has 1 N–H and O–H groups in total. The van der Waals surface area contributed by atoms with Crippen LogP contribution in [0.5, 0.6) is 0 Å². The van der Waals surface area contributed by atoms with Gasteiger partial charge in [-0.1, -0.05) is 0 Å². The maximum absolute atomic E-state index is 12.2. The largest absolute Gasteiger partial charge is 0.381 e. The van der Waals surface area contributed by atoms with E-state index in [-0.39, 0.29) is 5.91 Å². The molecule has 0 spiro atoms. The maximum atomic E-state index is 12.2. The quantitative estimate of drug-likeness (QED) is 0.873. The Hall–Kier alpha value is -1.55. The molecule has 122 valence electrons. The first-order valence-electron chi connectivity index (χ1n) is 8.37. The maximum Gasteiger partial charge on any atom is 0.224 e. The fourth-order valence-corrected chi connectivity index (χ4v) is 2.99. The van der Waals surface area contributed by atoms with Gasteiger partial charge in [0.05, 0.1) is 0 Å². The Morgan fingerprint density at radius 2 is 1.95 bits per heavy atom. The van der Waals surface area contributed by atoms with Crippen LogP contribution in [0.25, 0.3) is 0 Å². The Balaban J connectivity index is 1.95. The summed E-state index contributed by atoms with van der Waals surface area (Å²) in [5.74, 6) is 0.578. The van der Waals surface area contributed by atoms with E-state index < -0.39 is 0 Å². The lowest BCUT2D eigenvalue weighted by molar-refractivity contribution is -0.117. The molecule has 1 saturated heterocycles. The molecule has 1 amide bonds. The van der Waals surface area contributed by atoms with Crippen molar-refractivity contribution in [1.82, 2.24) is 0 Å². The van der Waals surface area contributed by atoms with Gasteiger partial charge in [0, 0.05) is 44.1 Å². The lowest BCUT2D eigenvalue weighted by atomic mass is 9.96. The molecule has 0 saturated carbocycles. The lowest BCUT2D eigenvalue weighted by Crippen LogP contribution is -2.23. The highest BCUT2D eigenvalue weighted by molar-refractivity contribution is 5.91. The number of nitrogens with one attached hydrogen (secondary N) is 1. The van der Waals surface area contributed by atoms with Crippen LogP contribution in [-0.2, 0) is 9.53 Å². The van der Waals surface area contributed by atoms with Crippen LogP contribution < -0.4 is 10.2 Å². The van der Waals surface area contributed by atoms with Crippen LogP contribution in [0.1, 0.15) is 38.7 Å². The van der Waals surface area contributed by atoms with Crippen LogP contribution >= 0.6 is 0 Å². The molecule has 0 aromatic heterocycles. The normalized spacial score (nSPS) is 15.6. The molecule has 4 heteroatoms. The van der Waals surface area contributed by atoms with Gasteiger partial charge in [0.1, 0.15) is 0 Å². The summed E-state index contributed by atoms with van der Waals surface area (Å²) < 4.78 is 5.34. The van der Waals surface area contributed by atoms with Gasteiger partial charge in [-0.15, -0.1) is 0 Å². The number of hydrogen-bond donors (Lipinski definition) is 1. The van der Waals surface area contributed by atoms with Gasteiger partial charge in [0.15, 0.2) is 0 Å². The summed E-state index contributed by atoms with van der Waals surface area (Å²) in [5, 5.41) is 3.06. The van der Waals surface area contributed by atoms with Crippen molar-refractivity contribution >= 4 is 17.3 Å². The van der Waals surface area contributed by atoms with Gasteiger partial charge in [0.25, 0.3) is 0 Å². The molecular weight excluding hydrogens is 276 g/mol. The average Bonchev–Trinajstić information content (AvgIpc) is 2.52. The third-order valence-electron chi connectivity index (χ3n) is 4.43. The van der Waals surface area contributed by atoms with Gasteiger partial charge < -0.3 is 15.0 Å². The minimum Gasteiger partial charge on any atom is -0.381 e. The molecular formula is C18H28N2O2. The third-order valence-corrected chi connectivity index (χ3v) is 4.43. The van der Waals surface area contributed by atoms with Crippen LogP contribution in [0.3, 0.4) is 0 Å². The molecule has 4 nitrogen and oxygen atoms in total. The van der Waals surface area contributed by atoms with E-state index in [0.717, 1.165) is 50.4 Å². The first-order chi connectivity index (χ1) is 10.6. The number of hydrogen-bond acceptors (Lipinski definition) is 3. The van der Waals surface area contributed by atoms with Crippen LogP contribution in [0.15, 0.2) is 18.2 Å². The minimum absolute atomic E-state index is 0.116. The number of ether oxygens (including phenoxy) is 1. The van der Waals surface area contributed by atoms with Gasteiger partial charge >= 0.3 is 0 Å². The zero-order chi connectivity index (χ0) is 15.9. The summed E-state index contributed by atoms with van der Waals surface area (Å²) >= 11 is 0. The second-order valence-corrected chi connectivity index (χ2v) is 5.98. The highest BCUT2D eigenvalue weighted by Crippen LogP contribution is 2.24. The number of carbonyl (C=O) groups excluding carboxylic acids is 1. The van der Waals surface area contributed by atoms with Crippen molar-refractivity contribution in [3.8, 4) is 0 Å². The van der Waals surface area contributed by atoms with Crippen molar-refractivity contribution in [2.24, 2.45) is 5.92 Å². The van der Waals surface area contributed by atoms with E-state index in [4.69, 9.17) is 4.74 Å². The molecule has 0 bridgehead atoms. The Morgan fingerprint density at radius 3 is 2.55 bits per heavy atom. The Kier molecular flexibility index (Phi) is 6.25. The smallest absolute Gasteiger partial charge is 0.224 e. The summed E-state index contributed by atoms with van der Waals surface area (Å²) in [6.45, 7) is 9.92. The van der Waals surface area contributed by atoms with E-state index in [1.54, 1.807) is 0 Å². The van der Waals surface area contributed by atoms with Gasteiger partial charge in [-0.05, 0) is 63.3 Å². The van der Waals surface area contributed by atoms with Crippen LogP contribution in [-0.4, -0.2) is 32.2 Å². The average molecular weight is 304 g/mol. The molecule has 22 heavy (non-hydrogen) atoms. The van der Waals surface area contributed by atoms with E-state index in [1.807, 2.05) is 6.07 Å². The van der Waals surface area contributed by atoms with Gasteiger partial charge in [-0.3, -0.25) is 4.79 Å². The van der Waals surface area contributed by atoms with Crippen molar-refractivity contribution in [3.63, 3.8) is 0 Å². The van der Waals surface area contributed by atoms with E-state index in [0.29, 0.717) is 12.3 Å². The number of amides is 1. The predicted octanol–water partition coefficient (Wildman–Crippen LogP) is 3.60. The summed E-state index contributed by atoms with van der Waals surface area (Å²) in [5.41, 5.74) is 3.25. The highest BCUT2D eigenvalue weighted by Gasteiger charge is 2.18. The third kappa shape index (κ3) is 4.47. The second-order valence-electron chi connectivity index (χ2n) is 5.98. The highest BCUT2D eigenvalue weighted by atomic mass is 16.5. The van der Waals surface area contributed by atoms with E-state index in [9.17, 15) is 4.79 Å². The van der Waals surface area contributed by atoms with E-state index in [1.165, 1.54) is 5.69 Å². The topological polar surface area (TPSA) is 41.6 Å². The SMILES string of the molecule is CCN(CC)c1ccc(NC(=O)CC2CCOCC2)c(C)c1. The second kappa shape index (κ2) is 8.18. The summed E-state index contributed by atoms with van der Waals surface area (Å²) in [7, 11) is 0. The summed E-state index contributed by atoms with van der Waals surface area (Å²) in [4.78, 5) is 14.5. The Bertz CT molecular complexity index is 492. The summed E-state index contributed by atoms with van der Waals surface area (Å²) in [6, 6.07) is 6.26. The molecule has 1 aromatic carbocycles. The molecule has 1 aliphatic heterocycles. The number of anilines is 2.